The van der Waals surface area contributed by atoms with Gasteiger partial charge in [0, 0.05) is 19.6 Å². The third-order valence-electron chi connectivity index (χ3n) is 4.04. The van der Waals surface area contributed by atoms with E-state index in [0.29, 0.717) is 13.0 Å². The fourth-order valence-corrected chi connectivity index (χ4v) is 3.78. The van der Waals surface area contributed by atoms with E-state index in [-0.39, 0.29) is 11.9 Å². The van der Waals surface area contributed by atoms with Crippen LogP contribution >= 0.6 is 11.3 Å². The fourth-order valence-electron chi connectivity index (χ4n) is 2.85. The number of thiophene rings is 1. The van der Waals surface area contributed by atoms with E-state index in [2.05, 4.69) is 10.6 Å². The van der Waals surface area contributed by atoms with E-state index >= 15 is 0 Å². The number of carbonyl (C=O) groups excluding carboxylic acids is 1. The van der Waals surface area contributed by atoms with Crippen LogP contribution in [0.25, 0.3) is 0 Å². The van der Waals surface area contributed by atoms with Crippen molar-refractivity contribution < 1.29 is 15.0 Å². The molecule has 0 radical (unpaired) electrons. The van der Waals surface area contributed by atoms with Crippen LogP contribution in [-0.2, 0) is 4.79 Å². The van der Waals surface area contributed by atoms with Gasteiger partial charge in [0.05, 0.1) is 22.0 Å². The standard InChI is InChI=1S/C14H21N3O3S/c18-9-7-10(15-8-9)13(19)16-12-4-3-11(21-12)14(20)17-5-1-2-6-17/h3-4,9-10,14-15,18,20H,1-2,5-8H2,(H,16,19)/t9-,10+,14?/m1/s1. The summed E-state index contributed by atoms with van der Waals surface area (Å²) >= 11 is 1.40. The first kappa shape index (κ1) is 14.9. The van der Waals surface area contributed by atoms with Gasteiger partial charge in [-0.1, -0.05) is 0 Å². The number of likely N-dealkylation sites (tertiary alicyclic amines) is 1. The zero-order valence-corrected chi connectivity index (χ0v) is 12.6. The van der Waals surface area contributed by atoms with Gasteiger partial charge < -0.3 is 20.8 Å². The van der Waals surface area contributed by atoms with Gasteiger partial charge in [-0.05, 0) is 31.4 Å². The average molecular weight is 311 g/mol. The number of amides is 1. The Hall–Kier alpha value is -0.990. The van der Waals surface area contributed by atoms with Crippen LogP contribution in [0.1, 0.15) is 30.4 Å². The summed E-state index contributed by atoms with van der Waals surface area (Å²) in [5.41, 5.74) is 0. The first-order chi connectivity index (χ1) is 10.1. The van der Waals surface area contributed by atoms with Crippen LogP contribution < -0.4 is 10.6 Å². The second-order valence-corrected chi connectivity index (χ2v) is 6.77. The van der Waals surface area contributed by atoms with Crippen molar-refractivity contribution in [1.82, 2.24) is 10.2 Å². The molecule has 7 heteroatoms. The van der Waals surface area contributed by atoms with Gasteiger partial charge in [-0.3, -0.25) is 9.69 Å². The zero-order chi connectivity index (χ0) is 14.8. The van der Waals surface area contributed by atoms with Crippen LogP contribution in [0.4, 0.5) is 5.00 Å². The van der Waals surface area contributed by atoms with Crippen LogP contribution in [0.2, 0.25) is 0 Å². The summed E-state index contributed by atoms with van der Waals surface area (Å²) in [7, 11) is 0. The minimum Gasteiger partial charge on any atom is -0.392 e. The molecular weight excluding hydrogens is 290 g/mol. The van der Waals surface area contributed by atoms with E-state index in [0.717, 1.165) is 35.8 Å². The molecule has 0 saturated carbocycles. The highest BCUT2D eigenvalue weighted by Crippen LogP contribution is 2.31. The summed E-state index contributed by atoms with van der Waals surface area (Å²) < 4.78 is 0. The van der Waals surface area contributed by atoms with Crippen LogP contribution in [0.5, 0.6) is 0 Å². The smallest absolute Gasteiger partial charge is 0.242 e. The van der Waals surface area contributed by atoms with Crippen molar-refractivity contribution in [2.24, 2.45) is 0 Å². The second-order valence-electron chi connectivity index (χ2n) is 5.66. The number of hydrogen-bond donors (Lipinski definition) is 4. The van der Waals surface area contributed by atoms with Crippen molar-refractivity contribution in [3.63, 3.8) is 0 Å². The summed E-state index contributed by atoms with van der Waals surface area (Å²) in [6.45, 7) is 2.30. The van der Waals surface area contributed by atoms with Gasteiger partial charge in [0.2, 0.25) is 5.91 Å². The number of rotatable bonds is 4. The normalized spacial score (nSPS) is 27.9. The summed E-state index contributed by atoms with van der Waals surface area (Å²) in [6, 6.07) is 3.34. The minimum absolute atomic E-state index is 0.129. The fraction of sp³-hybridized carbons (Fsp3) is 0.643. The van der Waals surface area contributed by atoms with Gasteiger partial charge in [-0.25, -0.2) is 0 Å². The summed E-state index contributed by atoms with van der Waals surface area (Å²) in [5, 5.41) is 26.3. The van der Waals surface area contributed by atoms with Gasteiger partial charge in [-0.15, -0.1) is 11.3 Å². The molecule has 2 saturated heterocycles. The predicted octanol–water partition coefficient (Wildman–Crippen LogP) is 0.496. The minimum atomic E-state index is -0.574. The van der Waals surface area contributed by atoms with Gasteiger partial charge in [0.25, 0.3) is 0 Å². The number of aliphatic hydroxyl groups is 2. The Morgan fingerprint density at radius 3 is 2.86 bits per heavy atom. The summed E-state index contributed by atoms with van der Waals surface area (Å²) in [4.78, 5) is 14.9. The molecule has 2 aliphatic heterocycles. The second kappa shape index (κ2) is 6.41. The maximum atomic E-state index is 12.0. The van der Waals surface area contributed by atoms with Crippen molar-refractivity contribution in [2.45, 2.75) is 37.6 Å². The number of anilines is 1. The van der Waals surface area contributed by atoms with Gasteiger partial charge >= 0.3 is 0 Å². The highest BCUT2D eigenvalue weighted by molar-refractivity contribution is 7.16. The van der Waals surface area contributed by atoms with E-state index in [1.165, 1.54) is 11.3 Å². The molecule has 1 aromatic rings. The van der Waals surface area contributed by atoms with E-state index in [9.17, 15) is 15.0 Å². The highest BCUT2D eigenvalue weighted by Gasteiger charge is 2.28. The Bertz CT molecular complexity index is 501. The van der Waals surface area contributed by atoms with Gasteiger partial charge in [0.15, 0.2) is 0 Å². The largest absolute Gasteiger partial charge is 0.392 e. The highest BCUT2D eigenvalue weighted by atomic mass is 32.1. The van der Waals surface area contributed by atoms with E-state index in [1.54, 1.807) is 0 Å². The van der Waals surface area contributed by atoms with Crippen molar-refractivity contribution in [1.29, 1.82) is 0 Å². The molecule has 0 bridgehead atoms. The molecule has 2 fully saturated rings. The molecule has 1 aromatic heterocycles. The molecule has 3 rings (SSSR count). The molecule has 4 N–H and O–H groups in total. The predicted molar refractivity (Wildman–Crippen MR) is 81.1 cm³/mol. The Balaban J connectivity index is 1.58. The van der Waals surface area contributed by atoms with E-state index in [4.69, 9.17) is 0 Å². The Kier molecular flexibility index (Phi) is 4.56. The summed E-state index contributed by atoms with van der Waals surface area (Å²) in [6.07, 6.45) is 1.68. The maximum Gasteiger partial charge on any atom is 0.242 e. The number of β-amino-alcohol motifs (C(OH)–C–C–N with tert-alkyl or cyclic N) is 1. The molecule has 0 spiro atoms. The van der Waals surface area contributed by atoms with Crippen LogP contribution in [0, 0.1) is 0 Å². The third-order valence-corrected chi connectivity index (χ3v) is 5.08. The molecule has 2 aliphatic rings. The van der Waals surface area contributed by atoms with Crippen molar-refractivity contribution in [3.8, 4) is 0 Å². The maximum absolute atomic E-state index is 12.0. The first-order valence-electron chi connectivity index (χ1n) is 7.37. The lowest BCUT2D eigenvalue weighted by molar-refractivity contribution is -0.117. The lowest BCUT2D eigenvalue weighted by Gasteiger charge is -2.20. The van der Waals surface area contributed by atoms with Crippen LogP contribution in [0.15, 0.2) is 12.1 Å². The molecule has 6 nitrogen and oxygen atoms in total. The van der Waals surface area contributed by atoms with Gasteiger partial charge in [0.1, 0.15) is 6.23 Å². The number of carbonyl (C=O) groups is 1. The molecule has 3 heterocycles. The summed E-state index contributed by atoms with van der Waals surface area (Å²) in [5.74, 6) is -0.129. The zero-order valence-electron chi connectivity index (χ0n) is 11.8. The molecule has 3 atom stereocenters. The average Bonchev–Trinajstić information content (AvgIpc) is 3.18. The number of nitrogens with one attached hydrogen (secondary N) is 2. The quantitative estimate of drug-likeness (QED) is 0.650. The van der Waals surface area contributed by atoms with E-state index in [1.807, 2.05) is 17.0 Å². The SMILES string of the molecule is O=C(Nc1ccc(C(O)N2CCCC2)s1)[C@@H]1C[C@@H](O)CN1. The molecule has 21 heavy (non-hydrogen) atoms. The molecule has 0 aromatic carbocycles. The molecule has 0 aliphatic carbocycles. The van der Waals surface area contributed by atoms with Crippen LogP contribution in [-0.4, -0.2) is 52.8 Å². The molecular formula is C14H21N3O3S. The monoisotopic (exact) mass is 311 g/mol. The van der Waals surface area contributed by atoms with Crippen LogP contribution in [0.3, 0.4) is 0 Å². The topological polar surface area (TPSA) is 84.8 Å². The first-order valence-corrected chi connectivity index (χ1v) is 8.19. The Morgan fingerprint density at radius 2 is 2.19 bits per heavy atom. The third kappa shape index (κ3) is 3.44. The van der Waals surface area contributed by atoms with Crippen molar-refractivity contribution >= 4 is 22.2 Å². The Morgan fingerprint density at radius 1 is 1.43 bits per heavy atom. The van der Waals surface area contributed by atoms with E-state index < -0.39 is 12.3 Å². The van der Waals surface area contributed by atoms with Crippen molar-refractivity contribution in [3.05, 3.63) is 17.0 Å². The Labute approximate surface area is 127 Å². The molecule has 116 valence electrons. The number of aliphatic hydroxyl groups excluding tert-OH is 2. The lowest BCUT2D eigenvalue weighted by Crippen LogP contribution is -2.35. The van der Waals surface area contributed by atoms with Gasteiger partial charge in [-0.2, -0.15) is 0 Å². The van der Waals surface area contributed by atoms with Crippen molar-refractivity contribution in [2.75, 3.05) is 25.0 Å². The molecule has 1 unspecified atom stereocenters. The number of nitrogens with zero attached hydrogens (tertiary/aromatic N) is 1. The lowest BCUT2D eigenvalue weighted by atomic mass is 10.2. The number of hydrogen-bond acceptors (Lipinski definition) is 6. The molecule has 1 amide bonds.